The molecule has 82 valence electrons. The molecule has 0 bridgehead atoms. The number of hydrogen-bond acceptors (Lipinski definition) is 5. The molecule has 0 atom stereocenters. The Morgan fingerprint density at radius 2 is 2.20 bits per heavy atom. The van der Waals surface area contributed by atoms with Gasteiger partial charge in [-0.05, 0) is 19.8 Å². The Bertz CT molecular complexity index is 336. The van der Waals surface area contributed by atoms with Gasteiger partial charge in [-0.2, -0.15) is 4.98 Å². The summed E-state index contributed by atoms with van der Waals surface area (Å²) < 4.78 is 5.29. The van der Waals surface area contributed by atoms with Crippen molar-refractivity contribution in [2.24, 2.45) is 0 Å². The van der Waals surface area contributed by atoms with E-state index in [1.54, 1.807) is 6.20 Å². The minimum absolute atomic E-state index is 0.315. The molecule has 2 rings (SSSR count). The monoisotopic (exact) mass is 208 g/mol. The summed E-state index contributed by atoms with van der Waals surface area (Å²) in [6.45, 7) is 3.61. The number of nitrogens with one attached hydrogen (secondary N) is 1. The Hall–Kier alpha value is -1.36. The second-order valence-electron chi connectivity index (χ2n) is 3.79. The van der Waals surface area contributed by atoms with Gasteiger partial charge in [0.25, 0.3) is 0 Å². The number of nitrogens with zero attached hydrogens (tertiary/aromatic N) is 2. The summed E-state index contributed by atoms with van der Waals surface area (Å²) in [5.41, 5.74) is 6.57. The van der Waals surface area contributed by atoms with Crippen LogP contribution in [0.1, 0.15) is 18.4 Å². The van der Waals surface area contributed by atoms with Gasteiger partial charge in [0.2, 0.25) is 5.95 Å². The molecule has 1 aliphatic rings. The van der Waals surface area contributed by atoms with Crippen molar-refractivity contribution in [3.05, 3.63) is 11.8 Å². The summed E-state index contributed by atoms with van der Waals surface area (Å²) in [7, 11) is 0. The van der Waals surface area contributed by atoms with Crippen LogP contribution in [0.15, 0.2) is 6.20 Å². The van der Waals surface area contributed by atoms with E-state index in [0.717, 1.165) is 37.4 Å². The molecule has 2 heterocycles. The lowest BCUT2D eigenvalue weighted by Crippen LogP contribution is -2.28. The van der Waals surface area contributed by atoms with Gasteiger partial charge in [-0.3, -0.25) is 0 Å². The van der Waals surface area contributed by atoms with Crippen LogP contribution in [0, 0.1) is 6.92 Å². The van der Waals surface area contributed by atoms with Crippen molar-refractivity contribution < 1.29 is 4.74 Å². The van der Waals surface area contributed by atoms with Gasteiger partial charge >= 0.3 is 0 Å². The van der Waals surface area contributed by atoms with Crippen molar-refractivity contribution in [1.82, 2.24) is 9.97 Å². The average molecular weight is 208 g/mol. The van der Waals surface area contributed by atoms with E-state index in [1.807, 2.05) is 6.92 Å². The Morgan fingerprint density at radius 1 is 1.47 bits per heavy atom. The van der Waals surface area contributed by atoms with E-state index < -0.39 is 0 Å². The van der Waals surface area contributed by atoms with E-state index in [0.29, 0.717) is 12.0 Å². The number of hydrogen-bond donors (Lipinski definition) is 2. The summed E-state index contributed by atoms with van der Waals surface area (Å²) in [4.78, 5) is 8.12. The van der Waals surface area contributed by atoms with Crippen LogP contribution in [0.4, 0.5) is 11.8 Å². The highest BCUT2D eigenvalue weighted by Crippen LogP contribution is 2.16. The third-order valence-corrected chi connectivity index (χ3v) is 2.55. The molecule has 3 N–H and O–H groups in total. The van der Waals surface area contributed by atoms with E-state index in [1.165, 1.54) is 0 Å². The topological polar surface area (TPSA) is 73.1 Å². The molecule has 5 nitrogen and oxygen atoms in total. The summed E-state index contributed by atoms with van der Waals surface area (Å²) in [6, 6.07) is 0.437. The zero-order chi connectivity index (χ0) is 10.7. The predicted octanol–water partition coefficient (Wildman–Crippen LogP) is 0.958. The van der Waals surface area contributed by atoms with Crippen LogP contribution in [0.3, 0.4) is 0 Å². The summed E-state index contributed by atoms with van der Waals surface area (Å²) >= 11 is 0. The van der Waals surface area contributed by atoms with Gasteiger partial charge in [0.15, 0.2) is 0 Å². The predicted molar refractivity (Wildman–Crippen MR) is 58.6 cm³/mol. The highest BCUT2D eigenvalue weighted by Gasteiger charge is 2.14. The van der Waals surface area contributed by atoms with Gasteiger partial charge in [0.05, 0.1) is 0 Å². The molecule has 15 heavy (non-hydrogen) atoms. The normalized spacial score (nSPS) is 17.7. The van der Waals surface area contributed by atoms with Crippen LogP contribution in [-0.4, -0.2) is 29.2 Å². The van der Waals surface area contributed by atoms with E-state index in [2.05, 4.69) is 15.3 Å². The first kappa shape index (κ1) is 10.2. The highest BCUT2D eigenvalue weighted by molar-refractivity contribution is 5.45. The Morgan fingerprint density at radius 3 is 2.93 bits per heavy atom. The van der Waals surface area contributed by atoms with E-state index in [-0.39, 0.29) is 0 Å². The largest absolute Gasteiger partial charge is 0.381 e. The Labute approximate surface area is 89.1 Å². The number of rotatable bonds is 2. The van der Waals surface area contributed by atoms with Crippen molar-refractivity contribution in [2.75, 3.05) is 24.3 Å². The van der Waals surface area contributed by atoms with Gasteiger partial charge < -0.3 is 15.8 Å². The molecule has 0 amide bonds. The van der Waals surface area contributed by atoms with Crippen molar-refractivity contribution in [2.45, 2.75) is 25.8 Å². The minimum atomic E-state index is 0.315. The molecule has 1 aromatic heterocycles. The van der Waals surface area contributed by atoms with E-state index in [9.17, 15) is 0 Å². The standard InChI is InChI=1S/C10H16N4O/c1-7-6-12-10(11)14-9(7)13-8-2-4-15-5-3-8/h6,8H,2-5H2,1H3,(H3,11,12,13,14). The number of aryl methyl sites for hydroxylation is 1. The smallest absolute Gasteiger partial charge is 0.221 e. The van der Waals surface area contributed by atoms with E-state index in [4.69, 9.17) is 10.5 Å². The van der Waals surface area contributed by atoms with Gasteiger partial charge in [-0.25, -0.2) is 4.98 Å². The zero-order valence-corrected chi connectivity index (χ0v) is 8.86. The number of nitrogens with two attached hydrogens (primary N) is 1. The highest BCUT2D eigenvalue weighted by atomic mass is 16.5. The molecule has 0 unspecified atom stereocenters. The van der Waals surface area contributed by atoms with Crippen LogP contribution in [-0.2, 0) is 4.74 Å². The lowest BCUT2D eigenvalue weighted by molar-refractivity contribution is 0.0904. The molecule has 1 aliphatic heterocycles. The fraction of sp³-hybridized carbons (Fsp3) is 0.600. The molecule has 1 aromatic rings. The number of aromatic nitrogens is 2. The maximum Gasteiger partial charge on any atom is 0.221 e. The molecule has 0 aliphatic carbocycles. The second-order valence-corrected chi connectivity index (χ2v) is 3.79. The van der Waals surface area contributed by atoms with E-state index >= 15 is 0 Å². The summed E-state index contributed by atoms with van der Waals surface area (Å²) in [5.74, 6) is 1.16. The molecule has 0 radical (unpaired) electrons. The minimum Gasteiger partial charge on any atom is -0.381 e. The molecular formula is C10H16N4O. The Kier molecular flexibility index (Phi) is 3.01. The van der Waals surface area contributed by atoms with Gasteiger partial charge in [0, 0.05) is 31.0 Å². The van der Waals surface area contributed by atoms with Crippen molar-refractivity contribution in [3.8, 4) is 0 Å². The molecule has 0 spiro atoms. The zero-order valence-electron chi connectivity index (χ0n) is 8.86. The third-order valence-electron chi connectivity index (χ3n) is 2.55. The van der Waals surface area contributed by atoms with Crippen LogP contribution >= 0.6 is 0 Å². The molecular weight excluding hydrogens is 192 g/mol. The van der Waals surface area contributed by atoms with Crippen LogP contribution in [0.5, 0.6) is 0 Å². The molecule has 0 saturated carbocycles. The molecule has 1 fully saturated rings. The fourth-order valence-corrected chi connectivity index (χ4v) is 1.64. The third kappa shape index (κ3) is 2.56. The van der Waals surface area contributed by atoms with Gasteiger partial charge in [-0.1, -0.05) is 0 Å². The first-order valence-corrected chi connectivity index (χ1v) is 5.19. The van der Waals surface area contributed by atoms with Gasteiger partial charge in [0.1, 0.15) is 5.82 Å². The van der Waals surface area contributed by atoms with Crippen LogP contribution < -0.4 is 11.1 Å². The molecule has 1 saturated heterocycles. The molecule has 0 aromatic carbocycles. The first-order chi connectivity index (χ1) is 7.25. The maximum atomic E-state index is 5.55. The van der Waals surface area contributed by atoms with Crippen LogP contribution in [0.25, 0.3) is 0 Å². The average Bonchev–Trinajstić information content (AvgIpc) is 2.25. The molecule has 5 heteroatoms. The fourth-order valence-electron chi connectivity index (χ4n) is 1.64. The SMILES string of the molecule is Cc1cnc(N)nc1NC1CCOCC1. The van der Waals surface area contributed by atoms with Crippen LogP contribution in [0.2, 0.25) is 0 Å². The Balaban J connectivity index is 2.05. The second kappa shape index (κ2) is 4.44. The first-order valence-electron chi connectivity index (χ1n) is 5.19. The number of anilines is 2. The number of ether oxygens (including phenoxy) is 1. The summed E-state index contributed by atoms with van der Waals surface area (Å²) in [5, 5.41) is 3.38. The quantitative estimate of drug-likeness (QED) is 0.757. The van der Waals surface area contributed by atoms with Crippen molar-refractivity contribution in [1.29, 1.82) is 0 Å². The summed E-state index contributed by atoms with van der Waals surface area (Å²) in [6.07, 6.45) is 3.77. The lowest BCUT2D eigenvalue weighted by atomic mass is 10.1. The van der Waals surface area contributed by atoms with Gasteiger partial charge in [-0.15, -0.1) is 0 Å². The van der Waals surface area contributed by atoms with Crippen molar-refractivity contribution >= 4 is 11.8 Å². The van der Waals surface area contributed by atoms with Crippen molar-refractivity contribution in [3.63, 3.8) is 0 Å². The maximum absolute atomic E-state index is 5.55. The lowest BCUT2D eigenvalue weighted by Gasteiger charge is -2.24. The number of nitrogen functional groups attached to an aromatic ring is 1.